The molecule has 0 bridgehead atoms. The lowest BCUT2D eigenvalue weighted by Gasteiger charge is -2.07. The SMILES string of the molecule is O=C(NCCc1ccc(O)cc1)C1=NO[C@@H](c2ccccc2)C1. The van der Waals surface area contributed by atoms with E-state index in [-0.39, 0.29) is 17.8 Å². The number of aromatic hydroxyl groups is 1. The summed E-state index contributed by atoms with van der Waals surface area (Å²) in [7, 11) is 0. The van der Waals surface area contributed by atoms with Crippen molar-refractivity contribution in [3.63, 3.8) is 0 Å². The van der Waals surface area contributed by atoms with Crippen molar-refractivity contribution in [3.8, 4) is 5.75 Å². The molecule has 3 rings (SSSR count). The molecule has 2 N–H and O–H groups in total. The van der Waals surface area contributed by atoms with Gasteiger partial charge in [0, 0.05) is 13.0 Å². The summed E-state index contributed by atoms with van der Waals surface area (Å²) in [5.74, 6) is 0.0457. The van der Waals surface area contributed by atoms with Crippen molar-refractivity contribution < 1.29 is 14.7 Å². The van der Waals surface area contributed by atoms with Crippen LogP contribution in [0.3, 0.4) is 0 Å². The fourth-order valence-electron chi connectivity index (χ4n) is 2.44. The molecule has 0 saturated carbocycles. The summed E-state index contributed by atoms with van der Waals surface area (Å²) in [4.78, 5) is 17.5. The van der Waals surface area contributed by atoms with Gasteiger partial charge in [-0.3, -0.25) is 4.79 Å². The number of hydrogen-bond acceptors (Lipinski definition) is 4. The van der Waals surface area contributed by atoms with Gasteiger partial charge >= 0.3 is 0 Å². The number of carbonyl (C=O) groups excluding carboxylic acids is 1. The first-order valence-corrected chi connectivity index (χ1v) is 7.56. The van der Waals surface area contributed by atoms with Crippen molar-refractivity contribution in [2.45, 2.75) is 18.9 Å². The van der Waals surface area contributed by atoms with Crippen LogP contribution in [-0.4, -0.2) is 23.3 Å². The third-order valence-corrected chi connectivity index (χ3v) is 3.74. The summed E-state index contributed by atoms with van der Waals surface area (Å²) in [6.07, 6.45) is 0.992. The Morgan fingerprint density at radius 2 is 1.91 bits per heavy atom. The summed E-state index contributed by atoms with van der Waals surface area (Å²) in [6, 6.07) is 16.7. The predicted octanol–water partition coefficient (Wildman–Crippen LogP) is 2.57. The zero-order valence-electron chi connectivity index (χ0n) is 12.6. The van der Waals surface area contributed by atoms with E-state index in [1.165, 1.54) is 0 Å². The normalized spacial score (nSPS) is 16.5. The number of nitrogens with one attached hydrogen (secondary N) is 1. The fraction of sp³-hybridized carbons (Fsp3) is 0.222. The molecule has 1 heterocycles. The van der Waals surface area contributed by atoms with Crippen molar-refractivity contribution in [2.75, 3.05) is 6.54 Å². The van der Waals surface area contributed by atoms with E-state index < -0.39 is 0 Å². The Kier molecular flexibility index (Phi) is 4.57. The molecule has 1 aliphatic rings. The van der Waals surface area contributed by atoms with E-state index >= 15 is 0 Å². The number of benzene rings is 2. The van der Waals surface area contributed by atoms with Gasteiger partial charge in [-0.25, -0.2) is 0 Å². The van der Waals surface area contributed by atoms with Crippen LogP contribution >= 0.6 is 0 Å². The molecule has 0 saturated heterocycles. The van der Waals surface area contributed by atoms with E-state index in [0.29, 0.717) is 25.1 Å². The second-order valence-corrected chi connectivity index (χ2v) is 5.42. The minimum Gasteiger partial charge on any atom is -0.508 e. The highest BCUT2D eigenvalue weighted by molar-refractivity contribution is 6.39. The Balaban J connectivity index is 1.47. The average Bonchev–Trinajstić information content (AvgIpc) is 3.07. The standard InChI is InChI=1S/C18H18N2O3/c21-15-8-6-13(7-9-15)10-11-19-18(22)16-12-17(23-20-16)14-4-2-1-3-5-14/h1-9,17,21H,10-12H2,(H,19,22)/t17-/m1/s1. The third-order valence-electron chi connectivity index (χ3n) is 3.74. The number of amides is 1. The van der Waals surface area contributed by atoms with Crippen LogP contribution in [0.2, 0.25) is 0 Å². The molecule has 5 nitrogen and oxygen atoms in total. The van der Waals surface area contributed by atoms with Crippen molar-refractivity contribution in [1.29, 1.82) is 0 Å². The maximum atomic E-state index is 12.1. The van der Waals surface area contributed by atoms with Gasteiger partial charge in [0.15, 0.2) is 6.10 Å². The average molecular weight is 310 g/mol. The topological polar surface area (TPSA) is 70.9 Å². The molecule has 0 aliphatic carbocycles. The molecule has 1 aliphatic heterocycles. The first-order chi connectivity index (χ1) is 11.2. The fourth-order valence-corrected chi connectivity index (χ4v) is 2.44. The molecule has 5 heteroatoms. The summed E-state index contributed by atoms with van der Waals surface area (Å²) >= 11 is 0. The van der Waals surface area contributed by atoms with E-state index in [0.717, 1.165) is 11.1 Å². The highest BCUT2D eigenvalue weighted by Crippen LogP contribution is 2.26. The Bertz CT molecular complexity index is 696. The number of carbonyl (C=O) groups is 1. The molecule has 118 valence electrons. The van der Waals surface area contributed by atoms with Crippen LogP contribution in [0.15, 0.2) is 59.8 Å². The van der Waals surface area contributed by atoms with Gasteiger partial charge in [-0.2, -0.15) is 0 Å². The van der Waals surface area contributed by atoms with Gasteiger partial charge in [0.2, 0.25) is 0 Å². The molecular formula is C18H18N2O3. The molecule has 2 aromatic carbocycles. The number of phenolic OH excluding ortho intramolecular Hbond substituents is 1. The van der Waals surface area contributed by atoms with Crippen LogP contribution < -0.4 is 5.32 Å². The zero-order valence-corrected chi connectivity index (χ0v) is 12.6. The molecule has 23 heavy (non-hydrogen) atoms. The molecule has 0 aromatic heterocycles. The monoisotopic (exact) mass is 310 g/mol. The maximum Gasteiger partial charge on any atom is 0.269 e. The van der Waals surface area contributed by atoms with Crippen molar-refractivity contribution in [1.82, 2.24) is 5.32 Å². The van der Waals surface area contributed by atoms with Gasteiger partial charge in [0.25, 0.3) is 5.91 Å². The second-order valence-electron chi connectivity index (χ2n) is 5.42. The first kappa shape index (κ1) is 15.1. The van der Waals surface area contributed by atoms with Crippen molar-refractivity contribution >= 4 is 11.6 Å². The van der Waals surface area contributed by atoms with Crippen molar-refractivity contribution in [2.24, 2.45) is 5.16 Å². The first-order valence-electron chi connectivity index (χ1n) is 7.56. The van der Waals surface area contributed by atoms with Crippen molar-refractivity contribution in [3.05, 3.63) is 65.7 Å². The van der Waals surface area contributed by atoms with Gasteiger partial charge in [-0.05, 0) is 29.7 Å². The lowest BCUT2D eigenvalue weighted by Crippen LogP contribution is -2.32. The highest BCUT2D eigenvalue weighted by atomic mass is 16.6. The van der Waals surface area contributed by atoms with Crippen LogP contribution in [0.4, 0.5) is 0 Å². The van der Waals surface area contributed by atoms with E-state index in [1.54, 1.807) is 12.1 Å². The van der Waals surface area contributed by atoms with Gasteiger partial charge in [-0.15, -0.1) is 0 Å². The van der Waals surface area contributed by atoms with E-state index in [1.807, 2.05) is 42.5 Å². The molecule has 1 amide bonds. The number of phenols is 1. The van der Waals surface area contributed by atoms with Crippen LogP contribution in [-0.2, 0) is 16.1 Å². The molecule has 0 fully saturated rings. The van der Waals surface area contributed by atoms with Gasteiger partial charge in [0.1, 0.15) is 11.5 Å². The minimum absolute atomic E-state index is 0.186. The molecule has 0 spiro atoms. The number of nitrogens with zero attached hydrogens (tertiary/aromatic N) is 1. The smallest absolute Gasteiger partial charge is 0.269 e. The Morgan fingerprint density at radius 3 is 2.65 bits per heavy atom. The number of oxime groups is 1. The number of hydrogen-bond donors (Lipinski definition) is 2. The predicted molar refractivity (Wildman–Crippen MR) is 87.1 cm³/mol. The van der Waals surface area contributed by atoms with E-state index in [9.17, 15) is 9.90 Å². The zero-order chi connectivity index (χ0) is 16.1. The lowest BCUT2D eigenvalue weighted by molar-refractivity contribution is -0.114. The Morgan fingerprint density at radius 1 is 1.17 bits per heavy atom. The molecule has 2 aromatic rings. The van der Waals surface area contributed by atoms with E-state index in [2.05, 4.69) is 10.5 Å². The highest BCUT2D eigenvalue weighted by Gasteiger charge is 2.26. The molecule has 1 atom stereocenters. The molecule has 0 radical (unpaired) electrons. The van der Waals surface area contributed by atoms with Crippen LogP contribution in [0.5, 0.6) is 5.75 Å². The minimum atomic E-state index is -0.192. The summed E-state index contributed by atoms with van der Waals surface area (Å²) in [5, 5.41) is 16.0. The van der Waals surface area contributed by atoms with Gasteiger partial charge in [-0.1, -0.05) is 47.6 Å². The molecular weight excluding hydrogens is 292 g/mol. The maximum absolute atomic E-state index is 12.1. The van der Waals surface area contributed by atoms with Crippen LogP contribution in [0, 0.1) is 0 Å². The van der Waals surface area contributed by atoms with Crippen LogP contribution in [0.25, 0.3) is 0 Å². The van der Waals surface area contributed by atoms with E-state index in [4.69, 9.17) is 4.84 Å². The van der Waals surface area contributed by atoms with Crippen LogP contribution in [0.1, 0.15) is 23.7 Å². The molecule has 0 unspecified atom stereocenters. The quantitative estimate of drug-likeness (QED) is 0.891. The summed E-state index contributed by atoms with van der Waals surface area (Å²) < 4.78 is 0. The summed E-state index contributed by atoms with van der Waals surface area (Å²) in [5.41, 5.74) is 2.49. The third kappa shape index (κ3) is 3.88. The lowest BCUT2D eigenvalue weighted by atomic mass is 10.0. The summed E-state index contributed by atoms with van der Waals surface area (Å²) in [6.45, 7) is 0.513. The Labute approximate surface area is 134 Å². The second kappa shape index (κ2) is 6.96. The Hall–Kier alpha value is -2.82. The number of rotatable bonds is 5. The largest absolute Gasteiger partial charge is 0.508 e. The van der Waals surface area contributed by atoms with Gasteiger partial charge < -0.3 is 15.3 Å². The van der Waals surface area contributed by atoms with Gasteiger partial charge in [0.05, 0.1) is 0 Å².